The van der Waals surface area contributed by atoms with Gasteiger partial charge in [0, 0.05) is 30.1 Å². The summed E-state index contributed by atoms with van der Waals surface area (Å²) in [5.74, 6) is -0.359. The van der Waals surface area contributed by atoms with Crippen LogP contribution in [0.5, 0.6) is 0 Å². The molecule has 0 fully saturated rings. The Morgan fingerprint density at radius 3 is 2.86 bits per heavy atom. The van der Waals surface area contributed by atoms with Gasteiger partial charge in [-0.1, -0.05) is 11.6 Å². The van der Waals surface area contributed by atoms with E-state index in [-0.39, 0.29) is 28.4 Å². The number of nitrogens with zero attached hydrogens (tertiary/aromatic N) is 6. The summed E-state index contributed by atoms with van der Waals surface area (Å²) in [4.78, 5) is 42.2. The van der Waals surface area contributed by atoms with Crippen molar-refractivity contribution in [3.63, 3.8) is 0 Å². The minimum atomic E-state index is -0.721. The normalized spacial score (nSPS) is 11.0. The van der Waals surface area contributed by atoms with Gasteiger partial charge in [0.05, 0.1) is 18.2 Å². The lowest BCUT2D eigenvalue weighted by Crippen LogP contribution is -2.21. The van der Waals surface area contributed by atoms with Crippen LogP contribution in [0.15, 0.2) is 35.6 Å². The van der Waals surface area contributed by atoms with E-state index in [0.29, 0.717) is 22.2 Å². The number of carbonyl (C=O) groups is 1. The molecule has 0 atom stereocenters. The lowest BCUT2D eigenvalue weighted by molar-refractivity contribution is 0.0524. The van der Waals surface area contributed by atoms with E-state index in [1.54, 1.807) is 32.3 Å². The van der Waals surface area contributed by atoms with Crippen LogP contribution in [-0.2, 0) is 4.74 Å². The first-order chi connectivity index (χ1) is 14.0. The fourth-order valence-electron chi connectivity index (χ4n) is 2.79. The number of aryl methyl sites for hydroxylation is 1. The second-order valence-corrected chi connectivity index (χ2v) is 7.03. The summed E-state index contributed by atoms with van der Waals surface area (Å²) in [5.41, 5.74) is 0.754. The fourth-order valence-corrected chi connectivity index (χ4v) is 3.69. The van der Waals surface area contributed by atoms with Crippen molar-refractivity contribution >= 4 is 40.1 Å². The van der Waals surface area contributed by atoms with Crippen LogP contribution >= 0.6 is 23.1 Å². The monoisotopic (exact) mass is 428 g/mol. The number of rotatable bonds is 4. The van der Waals surface area contributed by atoms with Gasteiger partial charge in [-0.25, -0.2) is 14.8 Å². The number of esters is 1. The molecule has 0 spiro atoms. The molecule has 9 nitrogen and oxygen atoms in total. The zero-order valence-electron chi connectivity index (χ0n) is 15.3. The van der Waals surface area contributed by atoms with Gasteiger partial charge >= 0.3 is 5.97 Å². The quantitative estimate of drug-likeness (QED) is 0.360. The third-order valence-electron chi connectivity index (χ3n) is 4.03. The molecule has 0 amide bonds. The van der Waals surface area contributed by atoms with Crippen molar-refractivity contribution in [2.24, 2.45) is 0 Å². The average molecular weight is 429 g/mol. The SMILES string of the molecule is CCOC(=O)c1cn(-c2nc(-c3cnccn3)ns2)c2nc(Cl)cc(C)c2c1=O. The second kappa shape index (κ2) is 7.64. The second-order valence-electron chi connectivity index (χ2n) is 5.91. The summed E-state index contributed by atoms with van der Waals surface area (Å²) in [6, 6.07) is 1.57. The number of hydrogen-bond acceptors (Lipinski definition) is 9. The first-order valence-electron chi connectivity index (χ1n) is 8.49. The number of halogens is 1. The van der Waals surface area contributed by atoms with Crippen LogP contribution in [0.2, 0.25) is 5.15 Å². The van der Waals surface area contributed by atoms with Crippen LogP contribution in [0.3, 0.4) is 0 Å². The lowest BCUT2D eigenvalue weighted by atomic mass is 10.1. The van der Waals surface area contributed by atoms with E-state index in [9.17, 15) is 9.59 Å². The Kier molecular flexibility index (Phi) is 5.03. The predicted octanol–water partition coefficient (Wildman–Crippen LogP) is 2.83. The van der Waals surface area contributed by atoms with Crippen LogP contribution < -0.4 is 5.43 Å². The minimum absolute atomic E-state index is 0.122. The Morgan fingerprint density at radius 2 is 2.14 bits per heavy atom. The topological polar surface area (TPSA) is 113 Å². The summed E-state index contributed by atoms with van der Waals surface area (Å²) in [5, 5.41) is 0.859. The number of carbonyl (C=O) groups excluding carboxylic acids is 1. The molecule has 0 radical (unpaired) electrons. The van der Waals surface area contributed by atoms with Crippen molar-refractivity contribution in [1.29, 1.82) is 0 Å². The number of pyridine rings is 2. The number of hydrogen-bond donors (Lipinski definition) is 0. The van der Waals surface area contributed by atoms with Gasteiger partial charge < -0.3 is 4.74 Å². The molecule has 0 aliphatic rings. The van der Waals surface area contributed by atoms with Crippen LogP contribution in [0, 0.1) is 6.92 Å². The smallest absolute Gasteiger partial charge is 0.343 e. The van der Waals surface area contributed by atoms with Crippen molar-refractivity contribution in [3.05, 3.63) is 57.4 Å². The Morgan fingerprint density at radius 1 is 1.31 bits per heavy atom. The van der Waals surface area contributed by atoms with Gasteiger partial charge in [0.25, 0.3) is 0 Å². The predicted molar refractivity (Wildman–Crippen MR) is 108 cm³/mol. The van der Waals surface area contributed by atoms with Crippen molar-refractivity contribution < 1.29 is 9.53 Å². The third-order valence-corrected chi connectivity index (χ3v) is 4.94. The zero-order chi connectivity index (χ0) is 20.5. The van der Waals surface area contributed by atoms with Crippen molar-refractivity contribution in [1.82, 2.24) is 28.9 Å². The van der Waals surface area contributed by atoms with Crippen molar-refractivity contribution in [2.75, 3.05) is 6.61 Å². The number of ether oxygens (including phenoxy) is 1. The molecule has 4 aromatic heterocycles. The number of fused-ring (bicyclic) bond motifs is 1. The maximum absolute atomic E-state index is 12.9. The average Bonchev–Trinajstić information content (AvgIpc) is 3.18. The van der Waals surface area contributed by atoms with Gasteiger partial charge in [-0.2, -0.15) is 9.36 Å². The van der Waals surface area contributed by atoms with E-state index in [1.165, 1.54) is 17.0 Å². The summed E-state index contributed by atoms with van der Waals surface area (Å²) >= 11 is 7.18. The van der Waals surface area contributed by atoms with E-state index in [2.05, 4.69) is 24.3 Å². The fraction of sp³-hybridized carbons (Fsp3) is 0.167. The third kappa shape index (κ3) is 3.47. The molecule has 0 aromatic carbocycles. The molecule has 4 aromatic rings. The molecule has 11 heteroatoms. The minimum Gasteiger partial charge on any atom is -0.462 e. The van der Waals surface area contributed by atoms with E-state index < -0.39 is 11.4 Å². The van der Waals surface area contributed by atoms with Crippen LogP contribution in [0.4, 0.5) is 0 Å². The van der Waals surface area contributed by atoms with Gasteiger partial charge in [0.1, 0.15) is 16.4 Å². The lowest BCUT2D eigenvalue weighted by Gasteiger charge is -2.11. The summed E-state index contributed by atoms with van der Waals surface area (Å²) in [6.07, 6.45) is 5.98. The van der Waals surface area contributed by atoms with Gasteiger partial charge in [-0.3, -0.25) is 14.3 Å². The van der Waals surface area contributed by atoms with Gasteiger partial charge in [-0.15, -0.1) is 0 Å². The van der Waals surface area contributed by atoms with Crippen LogP contribution in [0.25, 0.3) is 27.7 Å². The van der Waals surface area contributed by atoms with Gasteiger partial charge in [-0.05, 0) is 25.5 Å². The zero-order valence-corrected chi connectivity index (χ0v) is 16.9. The molecule has 0 aliphatic heterocycles. The molecule has 146 valence electrons. The molecular weight excluding hydrogens is 416 g/mol. The van der Waals surface area contributed by atoms with Crippen LogP contribution in [0.1, 0.15) is 22.8 Å². The molecular formula is C18H13ClN6O3S. The standard InChI is InChI=1S/C18H13ClN6O3S/c1-3-28-17(27)10-8-25(16-13(14(10)26)9(2)6-12(19)22-16)18-23-15(24-29-18)11-7-20-4-5-21-11/h4-8H,3H2,1-2H3. The van der Waals surface area contributed by atoms with Crippen LogP contribution in [-0.4, -0.2) is 41.5 Å². The summed E-state index contributed by atoms with van der Waals surface area (Å²) in [6.45, 7) is 3.54. The van der Waals surface area contributed by atoms with E-state index in [4.69, 9.17) is 16.3 Å². The van der Waals surface area contributed by atoms with Crippen molar-refractivity contribution in [3.8, 4) is 16.6 Å². The van der Waals surface area contributed by atoms with E-state index in [0.717, 1.165) is 11.5 Å². The highest BCUT2D eigenvalue weighted by atomic mass is 35.5. The Bertz CT molecular complexity index is 1290. The molecule has 0 N–H and O–H groups in total. The Balaban J connectivity index is 1.99. The first kappa shape index (κ1) is 19.1. The summed E-state index contributed by atoms with van der Waals surface area (Å²) < 4.78 is 10.9. The largest absolute Gasteiger partial charge is 0.462 e. The van der Waals surface area contributed by atoms with Gasteiger partial charge in [0.15, 0.2) is 11.5 Å². The molecule has 0 aliphatic carbocycles. The first-order valence-corrected chi connectivity index (χ1v) is 9.64. The number of aromatic nitrogens is 6. The highest BCUT2D eigenvalue weighted by Gasteiger charge is 2.21. The van der Waals surface area contributed by atoms with Gasteiger partial charge in [0.2, 0.25) is 10.6 Å². The van der Waals surface area contributed by atoms with Crippen molar-refractivity contribution in [2.45, 2.75) is 13.8 Å². The molecule has 0 bridgehead atoms. The summed E-state index contributed by atoms with van der Waals surface area (Å²) in [7, 11) is 0. The molecule has 4 rings (SSSR count). The Hall–Kier alpha value is -3.24. The maximum Gasteiger partial charge on any atom is 0.343 e. The van der Waals surface area contributed by atoms with E-state index in [1.807, 2.05) is 0 Å². The highest BCUT2D eigenvalue weighted by Crippen LogP contribution is 2.24. The molecule has 0 saturated carbocycles. The molecule has 0 unspecified atom stereocenters. The maximum atomic E-state index is 12.9. The Labute approximate surface area is 173 Å². The highest BCUT2D eigenvalue weighted by molar-refractivity contribution is 7.08. The van der Waals surface area contributed by atoms with E-state index >= 15 is 0 Å². The molecule has 4 heterocycles. The molecule has 29 heavy (non-hydrogen) atoms. The molecule has 0 saturated heterocycles.